The lowest BCUT2D eigenvalue weighted by Crippen LogP contribution is -2.17. The second-order valence-corrected chi connectivity index (χ2v) is 4.40. The molecule has 2 heterocycles. The molecule has 0 radical (unpaired) electrons. The van der Waals surface area contributed by atoms with E-state index in [2.05, 4.69) is 20.3 Å². The molecule has 0 aliphatic rings. The van der Waals surface area contributed by atoms with Gasteiger partial charge in [0.2, 0.25) is 0 Å². The van der Waals surface area contributed by atoms with Gasteiger partial charge < -0.3 is 15.4 Å². The lowest BCUT2D eigenvalue weighted by atomic mass is 10.3. The van der Waals surface area contributed by atoms with Crippen LogP contribution in [0.3, 0.4) is 0 Å². The van der Waals surface area contributed by atoms with Crippen LogP contribution in [0.4, 0.5) is 5.82 Å². The Balaban J connectivity index is 2.17. The maximum Gasteiger partial charge on any atom is 0.355 e. The first kappa shape index (κ1) is 12.2. The van der Waals surface area contributed by atoms with Gasteiger partial charge in [0.1, 0.15) is 5.01 Å². The minimum atomic E-state index is -1.07. The number of carboxylic acid groups (broad SMARTS) is 1. The number of aromatic carboxylic acids is 1. The first-order valence-corrected chi connectivity index (χ1v) is 5.95. The molecule has 0 saturated carbocycles. The minimum absolute atomic E-state index is 0.00131. The summed E-state index contributed by atoms with van der Waals surface area (Å²) in [5, 5.41) is 13.7. The quantitative estimate of drug-likeness (QED) is 0.764. The van der Waals surface area contributed by atoms with E-state index >= 15 is 0 Å². The maximum atomic E-state index is 11.4. The average molecular weight is 266 g/mol. The molecule has 0 aliphatic carbocycles. The third kappa shape index (κ3) is 2.54. The topological polar surface area (TPSA) is 108 Å². The third-order valence-corrected chi connectivity index (χ3v) is 3.20. The maximum absolute atomic E-state index is 11.4. The summed E-state index contributed by atoms with van der Waals surface area (Å²) in [5.41, 5.74) is -0.335. The Hall–Kier alpha value is -2.22. The molecule has 2 aromatic rings. The number of rotatable bonds is 4. The molecule has 0 spiro atoms. The van der Waals surface area contributed by atoms with Crippen molar-refractivity contribution in [1.82, 2.24) is 15.0 Å². The highest BCUT2D eigenvalue weighted by Crippen LogP contribution is 2.20. The van der Waals surface area contributed by atoms with E-state index in [0.717, 1.165) is 0 Å². The van der Waals surface area contributed by atoms with Crippen LogP contribution < -0.4 is 10.9 Å². The number of thiazole rings is 1. The highest BCUT2D eigenvalue weighted by atomic mass is 32.1. The van der Waals surface area contributed by atoms with Crippen LogP contribution in [0.25, 0.3) is 0 Å². The van der Waals surface area contributed by atoms with Gasteiger partial charge in [0.25, 0.3) is 5.56 Å². The number of aromatic amines is 1. The van der Waals surface area contributed by atoms with Crippen molar-refractivity contribution < 1.29 is 9.90 Å². The predicted molar refractivity (Wildman–Crippen MR) is 66.0 cm³/mol. The predicted octanol–water partition coefficient (Wildman–Crippen LogP) is 1.10. The standard InChI is InChI=1S/C10H10N4O3S/c1-5(9-14-6(4-18-9)10(16)17)13-7-8(15)12-3-2-11-7/h2-5H,1H3,(H,11,13)(H,12,15)(H,16,17). The molecule has 0 aliphatic heterocycles. The molecule has 18 heavy (non-hydrogen) atoms. The minimum Gasteiger partial charge on any atom is -0.476 e. The number of H-pyrrole nitrogens is 1. The van der Waals surface area contributed by atoms with E-state index in [1.807, 2.05) is 0 Å². The molecule has 0 bridgehead atoms. The highest BCUT2D eigenvalue weighted by molar-refractivity contribution is 7.09. The zero-order chi connectivity index (χ0) is 13.1. The van der Waals surface area contributed by atoms with Gasteiger partial charge in [-0.25, -0.2) is 14.8 Å². The lowest BCUT2D eigenvalue weighted by Gasteiger charge is -2.10. The van der Waals surface area contributed by atoms with Gasteiger partial charge in [0, 0.05) is 17.8 Å². The van der Waals surface area contributed by atoms with E-state index in [4.69, 9.17) is 5.11 Å². The number of carboxylic acids is 1. The number of nitrogens with zero attached hydrogens (tertiary/aromatic N) is 2. The molecule has 2 rings (SSSR count). The zero-order valence-electron chi connectivity index (χ0n) is 9.38. The van der Waals surface area contributed by atoms with E-state index in [0.29, 0.717) is 5.01 Å². The summed E-state index contributed by atoms with van der Waals surface area (Å²) in [6.45, 7) is 1.78. The fraction of sp³-hybridized carbons (Fsp3) is 0.200. The van der Waals surface area contributed by atoms with Gasteiger partial charge in [0.05, 0.1) is 6.04 Å². The van der Waals surface area contributed by atoms with Crippen LogP contribution in [0, 0.1) is 0 Å². The van der Waals surface area contributed by atoms with E-state index in [1.165, 1.54) is 29.1 Å². The lowest BCUT2D eigenvalue weighted by molar-refractivity contribution is 0.0691. The normalized spacial score (nSPS) is 12.1. The summed E-state index contributed by atoms with van der Waals surface area (Å²) < 4.78 is 0. The van der Waals surface area contributed by atoms with Gasteiger partial charge in [-0.15, -0.1) is 11.3 Å². The second-order valence-electron chi connectivity index (χ2n) is 3.51. The van der Waals surface area contributed by atoms with Gasteiger partial charge in [-0.1, -0.05) is 0 Å². The summed E-state index contributed by atoms with van der Waals surface area (Å²) in [7, 11) is 0. The van der Waals surface area contributed by atoms with Gasteiger partial charge in [-0.3, -0.25) is 4.79 Å². The van der Waals surface area contributed by atoms with Gasteiger partial charge in [-0.05, 0) is 6.92 Å². The van der Waals surface area contributed by atoms with Gasteiger partial charge in [0.15, 0.2) is 11.5 Å². The Morgan fingerprint density at radius 2 is 2.39 bits per heavy atom. The first-order valence-electron chi connectivity index (χ1n) is 5.07. The van der Waals surface area contributed by atoms with Crippen molar-refractivity contribution in [3.63, 3.8) is 0 Å². The molecular formula is C10H10N4O3S. The van der Waals surface area contributed by atoms with Crippen molar-refractivity contribution in [3.05, 3.63) is 38.8 Å². The summed E-state index contributed by atoms with van der Waals surface area (Å²) >= 11 is 1.22. The van der Waals surface area contributed by atoms with Crippen LogP contribution in [0.15, 0.2) is 22.6 Å². The number of nitrogens with one attached hydrogen (secondary N) is 2. The number of hydrogen-bond acceptors (Lipinski definition) is 6. The van der Waals surface area contributed by atoms with Crippen molar-refractivity contribution in [2.75, 3.05) is 5.32 Å². The molecule has 7 nitrogen and oxygen atoms in total. The summed E-state index contributed by atoms with van der Waals surface area (Å²) in [6, 6.07) is -0.293. The molecule has 8 heteroatoms. The number of anilines is 1. The van der Waals surface area contributed by atoms with Crippen LogP contribution >= 0.6 is 11.3 Å². The van der Waals surface area contributed by atoms with Crippen molar-refractivity contribution in [1.29, 1.82) is 0 Å². The average Bonchev–Trinajstić information content (AvgIpc) is 2.81. The van der Waals surface area contributed by atoms with E-state index in [9.17, 15) is 9.59 Å². The van der Waals surface area contributed by atoms with Gasteiger partial charge >= 0.3 is 5.97 Å². The monoisotopic (exact) mass is 266 g/mol. The largest absolute Gasteiger partial charge is 0.476 e. The van der Waals surface area contributed by atoms with E-state index < -0.39 is 5.97 Å². The van der Waals surface area contributed by atoms with Crippen molar-refractivity contribution in [3.8, 4) is 0 Å². The molecular weight excluding hydrogens is 256 g/mol. The molecule has 0 amide bonds. The number of carbonyl (C=O) groups is 1. The fourth-order valence-corrected chi connectivity index (χ4v) is 2.11. The van der Waals surface area contributed by atoms with Crippen molar-refractivity contribution in [2.24, 2.45) is 0 Å². The Labute approximate surface area is 106 Å². The second kappa shape index (κ2) is 4.96. The molecule has 3 N–H and O–H groups in total. The Morgan fingerprint density at radius 3 is 3.00 bits per heavy atom. The van der Waals surface area contributed by atoms with Gasteiger partial charge in [-0.2, -0.15) is 0 Å². The smallest absolute Gasteiger partial charge is 0.355 e. The van der Waals surface area contributed by atoms with E-state index in [-0.39, 0.29) is 23.1 Å². The molecule has 94 valence electrons. The zero-order valence-corrected chi connectivity index (χ0v) is 10.2. The van der Waals surface area contributed by atoms with Crippen molar-refractivity contribution in [2.45, 2.75) is 13.0 Å². The fourth-order valence-electron chi connectivity index (χ4n) is 1.31. The first-order chi connectivity index (χ1) is 8.58. The third-order valence-electron chi connectivity index (χ3n) is 2.17. The molecule has 0 saturated heterocycles. The summed E-state index contributed by atoms with van der Waals surface area (Å²) in [6.07, 6.45) is 2.89. The SMILES string of the molecule is CC(Nc1ncc[nH]c1=O)c1nc(C(=O)O)cs1. The van der Waals surface area contributed by atoms with Crippen LogP contribution in [-0.4, -0.2) is 26.0 Å². The molecule has 0 aromatic carbocycles. The van der Waals surface area contributed by atoms with Crippen LogP contribution in [0.5, 0.6) is 0 Å². The molecule has 1 atom stereocenters. The molecule has 1 unspecified atom stereocenters. The molecule has 2 aromatic heterocycles. The van der Waals surface area contributed by atoms with Crippen LogP contribution in [0.1, 0.15) is 28.5 Å². The Morgan fingerprint density at radius 1 is 1.61 bits per heavy atom. The summed E-state index contributed by atoms with van der Waals surface area (Å²) in [5.74, 6) is -0.891. The number of aromatic nitrogens is 3. The Kier molecular flexibility index (Phi) is 3.38. The summed E-state index contributed by atoms with van der Waals surface area (Å²) in [4.78, 5) is 32.4. The van der Waals surface area contributed by atoms with E-state index in [1.54, 1.807) is 6.92 Å². The van der Waals surface area contributed by atoms with Crippen LogP contribution in [0.2, 0.25) is 0 Å². The molecule has 0 fully saturated rings. The van der Waals surface area contributed by atoms with Crippen LogP contribution in [-0.2, 0) is 0 Å². The van der Waals surface area contributed by atoms with Crippen molar-refractivity contribution >= 4 is 23.1 Å². The number of hydrogen-bond donors (Lipinski definition) is 3. The Bertz CT molecular complexity index is 621. The highest BCUT2D eigenvalue weighted by Gasteiger charge is 2.15.